The summed E-state index contributed by atoms with van der Waals surface area (Å²) in [6.07, 6.45) is 5.70. The standard InChI is InChI=1S/C15H19NO/c1-4-6-11-7-8-17-13-9-10(3)12(5-2)15(16)14(11)13/h4,6,9H,1,5,7-8,16H2,2-3H3/b11-6-. The van der Waals surface area contributed by atoms with Crippen LogP contribution >= 0.6 is 0 Å². The fraction of sp³-hybridized carbons (Fsp3) is 0.333. The molecule has 2 heteroatoms. The molecule has 0 aliphatic carbocycles. The molecule has 0 spiro atoms. The fourth-order valence-corrected chi connectivity index (χ4v) is 2.47. The van der Waals surface area contributed by atoms with Crippen LogP contribution in [0.1, 0.15) is 30.0 Å². The third-order valence-corrected chi connectivity index (χ3v) is 3.29. The lowest BCUT2D eigenvalue weighted by Gasteiger charge is -2.24. The molecule has 1 aliphatic heterocycles. The van der Waals surface area contributed by atoms with E-state index >= 15 is 0 Å². The van der Waals surface area contributed by atoms with Gasteiger partial charge < -0.3 is 10.5 Å². The van der Waals surface area contributed by atoms with Crippen molar-refractivity contribution in [1.82, 2.24) is 0 Å². The monoisotopic (exact) mass is 229 g/mol. The molecule has 0 bridgehead atoms. The van der Waals surface area contributed by atoms with Crippen molar-refractivity contribution in [3.05, 3.63) is 41.5 Å². The van der Waals surface area contributed by atoms with E-state index in [2.05, 4.69) is 26.5 Å². The van der Waals surface area contributed by atoms with Crippen molar-refractivity contribution in [1.29, 1.82) is 0 Å². The topological polar surface area (TPSA) is 35.2 Å². The second-order valence-corrected chi connectivity index (χ2v) is 4.34. The average molecular weight is 229 g/mol. The van der Waals surface area contributed by atoms with Gasteiger partial charge in [0.15, 0.2) is 0 Å². The van der Waals surface area contributed by atoms with Gasteiger partial charge in [0.1, 0.15) is 5.75 Å². The summed E-state index contributed by atoms with van der Waals surface area (Å²) in [5.74, 6) is 0.913. The fourth-order valence-electron chi connectivity index (χ4n) is 2.47. The van der Waals surface area contributed by atoms with E-state index in [0.717, 1.165) is 36.4 Å². The van der Waals surface area contributed by atoms with Gasteiger partial charge in [-0.15, -0.1) is 0 Å². The van der Waals surface area contributed by atoms with Crippen LogP contribution in [0.3, 0.4) is 0 Å². The zero-order valence-electron chi connectivity index (χ0n) is 10.5. The SMILES string of the molecule is C=C/C=C1/CCOc2cc(C)c(CC)c(N)c21. The average Bonchev–Trinajstić information content (AvgIpc) is 2.29. The number of rotatable bonds is 2. The maximum atomic E-state index is 6.28. The van der Waals surface area contributed by atoms with E-state index < -0.39 is 0 Å². The molecule has 1 aliphatic rings. The van der Waals surface area contributed by atoms with Crippen LogP contribution in [-0.2, 0) is 6.42 Å². The molecule has 17 heavy (non-hydrogen) atoms. The van der Waals surface area contributed by atoms with Gasteiger partial charge in [-0.1, -0.05) is 25.7 Å². The third kappa shape index (κ3) is 1.95. The lowest BCUT2D eigenvalue weighted by Crippen LogP contribution is -2.12. The number of benzene rings is 1. The van der Waals surface area contributed by atoms with E-state index in [9.17, 15) is 0 Å². The highest BCUT2D eigenvalue weighted by Gasteiger charge is 2.20. The minimum atomic E-state index is 0.719. The molecule has 90 valence electrons. The molecular formula is C15H19NO. The highest BCUT2D eigenvalue weighted by molar-refractivity contribution is 5.83. The van der Waals surface area contributed by atoms with Crippen molar-refractivity contribution in [3.8, 4) is 5.75 Å². The summed E-state index contributed by atoms with van der Waals surface area (Å²) < 4.78 is 5.71. The Morgan fingerprint density at radius 2 is 2.29 bits per heavy atom. The number of fused-ring (bicyclic) bond motifs is 1. The Hall–Kier alpha value is -1.70. The molecule has 0 fully saturated rings. The zero-order valence-corrected chi connectivity index (χ0v) is 10.5. The second kappa shape index (κ2) is 4.66. The largest absolute Gasteiger partial charge is 0.493 e. The Labute approximate surface area is 103 Å². The first-order chi connectivity index (χ1) is 8.19. The Kier molecular flexibility index (Phi) is 3.23. The number of allylic oxidation sites excluding steroid dienone is 2. The van der Waals surface area contributed by atoms with Gasteiger partial charge in [0.2, 0.25) is 0 Å². The van der Waals surface area contributed by atoms with Gasteiger partial charge in [0.25, 0.3) is 0 Å². The zero-order chi connectivity index (χ0) is 12.4. The van der Waals surface area contributed by atoms with Gasteiger partial charge in [-0.2, -0.15) is 0 Å². The predicted molar refractivity (Wildman–Crippen MR) is 73.3 cm³/mol. The summed E-state index contributed by atoms with van der Waals surface area (Å²) in [4.78, 5) is 0. The Bertz CT molecular complexity index is 486. The van der Waals surface area contributed by atoms with E-state index in [1.807, 2.05) is 12.2 Å². The summed E-state index contributed by atoms with van der Waals surface area (Å²) in [7, 11) is 0. The molecular weight excluding hydrogens is 210 g/mol. The van der Waals surface area contributed by atoms with Crippen LogP contribution < -0.4 is 10.5 Å². The van der Waals surface area contributed by atoms with Crippen molar-refractivity contribution in [3.63, 3.8) is 0 Å². The van der Waals surface area contributed by atoms with Crippen molar-refractivity contribution >= 4 is 11.3 Å². The van der Waals surface area contributed by atoms with Gasteiger partial charge >= 0.3 is 0 Å². The summed E-state index contributed by atoms with van der Waals surface area (Å²) in [5.41, 5.74) is 11.9. The summed E-state index contributed by atoms with van der Waals surface area (Å²) >= 11 is 0. The highest BCUT2D eigenvalue weighted by atomic mass is 16.5. The lowest BCUT2D eigenvalue weighted by atomic mass is 9.91. The number of anilines is 1. The van der Waals surface area contributed by atoms with Crippen molar-refractivity contribution in [2.24, 2.45) is 0 Å². The lowest BCUT2D eigenvalue weighted by molar-refractivity contribution is 0.316. The van der Waals surface area contributed by atoms with Crippen molar-refractivity contribution in [2.75, 3.05) is 12.3 Å². The first-order valence-corrected chi connectivity index (χ1v) is 6.05. The molecule has 1 heterocycles. The van der Waals surface area contributed by atoms with Gasteiger partial charge in [0, 0.05) is 17.7 Å². The molecule has 0 amide bonds. The molecule has 2 N–H and O–H groups in total. The van der Waals surface area contributed by atoms with Crippen LogP contribution in [0.5, 0.6) is 5.75 Å². The van der Waals surface area contributed by atoms with Gasteiger partial charge in [0.05, 0.1) is 6.61 Å². The molecule has 0 radical (unpaired) electrons. The van der Waals surface area contributed by atoms with E-state index in [-0.39, 0.29) is 0 Å². The molecule has 0 saturated heterocycles. The molecule has 0 unspecified atom stereocenters. The van der Waals surface area contributed by atoms with Crippen LogP contribution in [0, 0.1) is 6.92 Å². The highest BCUT2D eigenvalue weighted by Crippen LogP contribution is 2.40. The first-order valence-electron chi connectivity index (χ1n) is 6.05. The molecule has 2 rings (SSSR count). The number of hydrogen-bond acceptors (Lipinski definition) is 2. The normalized spacial score (nSPS) is 16.5. The third-order valence-electron chi connectivity index (χ3n) is 3.29. The molecule has 1 aromatic rings. The molecule has 0 aromatic heterocycles. The number of ether oxygens (including phenoxy) is 1. The predicted octanol–water partition coefficient (Wildman–Crippen LogP) is 3.49. The quantitative estimate of drug-likeness (QED) is 0.788. The maximum Gasteiger partial charge on any atom is 0.129 e. The van der Waals surface area contributed by atoms with Crippen LogP contribution in [0.4, 0.5) is 5.69 Å². The molecule has 2 nitrogen and oxygen atoms in total. The van der Waals surface area contributed by atoms with Gasteiger partial charge in [-0.05, 0) is 36.1 Å². The van der Waals surface area contributed by atoms with E-state index in [4.69, 9.17) is 10.5 Å². The van der Waals surface area contributed by atoms with Gasteiger partial charge in [-0.25, -0.2) is 0 Å². The molecule has 1 aromatic carbocycles. The minimum Gasteiger partial charge on any atom is -0.493 e. The summed E-state index contributed by atoms with van der Waals surface area (Å²) in [5, 5.41) is 0. The summed E-state index contributed by atoms with van der Waals surface area (Å²) in [6, 6.07) is 2.10. The van der Waals surface area contributed by atoms with E-state index in [1.54, 1.807) is 0 Å². The Morgan fingerprint density at radius 3 is 2.94 bits per heavy atom. The maximum absolute atomic E-state index is 6.28. The van der Waals surface area contributed by atoms with Crippen molar-refractivity contribution < 1.29 is 4.74 Å². The number of nitrogen functional groups attached to an aromatic ring is 1. The van der Waals surface area contributed by atoms with Crippen LogP contribution in [0.25, 0.3) is 5.57 Å². The van der Waals surface area contributed by atoms with Crippen molar-refractivity contribution in [2.45, 2.75) is 26.7 Å². The van der Waals surface area contributed by atoms with Crippen LogP contribution in [-0.4, -0.2) is 6.61 Å². The summed E-state index contributed by atoms with van der Waals surface area (Å²) in [6.45, 7) is 8.70. The number of hydrogen-bond donors (Lipinski definition) is 1. The second-order valence-electron chi connectivity index (χ2n) is 4.34. The molecule has 0 saturated carbocycles. The Morgan fingerprint density at radius 1 is 1.53 bits per heavy atom. The van der Waals surface area contributed by atoms with E-state index in [0.29, 0.717) is 0 Å². The first kappa shape index (κ1) is 11.8. The smallest absolute Gasteiger partial charge is 0.129 e. The Balaban J connectivity index is 2.68. The van der Waals surface area contributed by atoms with E-state index in [1.165, 1.54) is 16.7 Å². The van der Waals surface area contributed by atoms with Crippen LogP contribution in [0.2, 0.25) is 0 Å². The van der Waals surface area contributed by atoms with Gasteiger partial charge in [-0.3, -0.25) is 0 Å². The number of aryl methyl sites for hydroxylation is 1. The number of nitrogens with two attached hydrogens (primary N) is 1. The van der Waals surface area contributed by atoms with Crippen LogP contribution in [0.15, 0.2) is 24.8 Å². The molecule has 0 atom stereocenters. The minimum absolute atomic E-state index is 0.719.